The number of ether oxygens (including phenoxy) is 4. The van der Waals surface area contributed by atoms with Gasteiger partial charge in [0.15, 0.2) is 11.7 Å². The maximum absolute atomic E-state index is 13.0. The van der Waals surface area contributed by atoms with E-state index in [1.807, 2.05) is 48.5 Å². The lowest BCUT2D eigenvalue weighted by atomic mass is 10.0. The fraction of sp³-hybridized carbons (Fsp3) is 0.360. The molecule has 2 aliphatic heterocycles. The highest BCUT2D eigenvalue weighted by molar-refractivity contribution is 5.99. The Morgan fingerprint density at radius 2 is 1.88 bits per heavy atom. The molecule has 2 aromatic carbocycles. The molecule has 4 atom stereocenters. The van der Waals surface area contributed by atoms with Crippen molar-refractivity contribution < 1.29 is 28.8 Å². The van der Waals surface area contributed by atoms with Crippen LogP contribution in [0.2, 0.25) is 0 Å². The first kappa shape index (κ1) is 21.6. The van der Waals surface area contributed by atoms with Crippen molar-refractivity contribution >= 4 is 16.9 Å². The van der Waals surface area contributed by atoms with Crippen LogP contribution >= 0.6 is 0 Å². The Kier molecular flexibility index (Phi) is 5.88. The second-order valence-corrected chi connectivity index (χ2v) is 8.24. The maximum atomic E-state index is 13.0. The van der Waals surface area contributed by atoms with Gasteiger partial charge in [-0.25, -0.2) is 4.79 Å². The largest absolute Gasteiger partial charge is 0.483 e. The minimum atomic E-state index is -0.758. The third kappa shape index (κ3) is 4.13. The van der Waals surface area contributed by atoms with E-state index in [-0.39, 0.29) is 31.1 Å². The van der Waals surface area contributed by atoms with Gasteiger partial charge in [-0.3, -0.25) is 4.79 Å². The number of aliphatic hydroxyl groups excluding tert-OH is 1. The maximum Gasteiger partial charge on any atom is 0.347 e. The second-order valence-electron chi connectivity index (χ2n) is 8.24. The fourth-order valence-electron chi connectivity index (χ4n) is 4.46. The molecule has 0 spiro atoms. The van der Waals surface area contributed by atoms with Crippen LogP contribution in [0.1, 0.15) is 28.4 Å². The summed E-state index contributed by atoms with van der Waals surface area (Å²) in [5.74, 6) is -0.621. The number of carbonyl (C=O) groups excluding carboxylic acids is 1. The average molecular weight is 451 g/mol. The minimum absolute atomic E-state index is 0.123. The SMILES string of the molecule is CCOC(=O)c1c(O[C@H]2CO[C@H]3[C@@H]2OC[C@@H]3O)c2ccc(Cc3ccccc3)cc2[nH]c1=O. The van der Waals surface area contributed by atoms with Gasteiger partial charge in [0, 0.05) is 5.39 Å². The van der Waals surface area contributed by atoms with Crippen molar-refractivity contribution in [2.45, 2.75) is 37.8 Å². The van der Waals surface area contributed by atoms with Crippen LogP contribution in [0, 0.1) is 0 Å². The first-order chi connectivity index (χ1) is 16.0. The molecule has 2 fully saturated rings. The molecule has 2 saturated heterocycles. The fourth-order valence-corrected chi connectivity index (χ4v) is 4.46. The number of carbonyl (C=O) groups is 1. The van der Waals surface area contributed by atoms with Crippen LogP contribution in [0.15, 0.2) is 53.3 Å². The molecule has 0 saturated carbocycles. The van der Waals surface area contributed by atoms with Crippen LogP contribution in [0.3, 0.4) is 0 Å². The molecule has 3 aromatic rings. The number of hydrogen-bond donors (Lipinski definition) is 2. The lowest BCUT2D eigenvalue weighted by molar-refractivity contribution is 0.00848. The smallest absolute Gasteiger partial charge is 0.347 e. The number of rotatable bonds is 6. The van der Waals surface area contributed by atoms with Crippen molar-refractivity contribution in [3.63, 3.8) is 0 Å². The van der Waals surface area contributed by atoms with Crippen molar-refractivity contribution in [2.24, 2.45) is 0 Å². The number of fused-ring (bicyclic) bond motifs is 2. The zero-order chi connectivity index (χ0) is 22.9. The number of pyridine rings is 1. The van der Waals surface area contributed by atoms with Crippen molar-refractivity contribution in [1.29, 1.82) is 0 Å². The first-order valence-corrected chi connectivity index (χ1v) is 11.0. The minimum Gasteiger partial charge on any atom is -0.483 e. The third-order valence-electron chi connectivity index (χ3n) is 6.01. The average Bonchev–Trinajstić information content (AvgIpc) is 3.37. The summed E-state index contributed by atoms with van der Waals surface area (Å²) in [6.45, 7) is 2.12. The molecule has 0 amide bonds. The molecule has 0 radical (unpaired) electrons. The number of benzene rings is 2. The highest BCUT2D eigenvalue weighted by atomic mass is 16.6. The number of nitrogens with one attached hydrogen (secondary N) is 1. The molecular weight excluding hydrogens is 426 g/mol. The van der Waals surface area contributed by atoms with Gasteiger partial charge in [-0.15, -0.1) is 0 Å². The van der Waals surface area contributed by atoms with E-state index in [1.165, 1.54) is 0 Å². The first-order valence-electron chi connectivity index (χ1n) is 11.0. The molecule has 172 valence electrons. The van der Waals surface area contributed by atoms with Crippen LogP contribution in [0.25, 0.3) is 10.9 Å². The van der Waals surface area contributed by atoms with E-state index in [2.05, 4.69) is 4.98 Å². The zero-order valence-corrected chi connectivity index (χ0v) is 18.2. The Bertz CT molecular complexity index is 1220. The lowest BCUT2D eigenvalue weighted by Gasteiger charge is -2.21. The van der Waals surface area contributed by atoms with Gasteiger partial charge in [-0.1, -0.05) is 36.4 Å². The van der Waals surface area contributed by atoms with E-state index in [0.29, 0.717) is 17.3 Å². The van der Waals surface area contributed by atoms with Crippen molar-refractivity contribution in [1.82, 2.24) is 4.98 Å². The highest BCUT2D eigenvalue weighted by Crippen LogP contribution is 2.34. The predicted molar refractivity (Wildman–Crippen MR) is 120 cm³/mol. The molecule has 5 rings (SSSR count). The third-order valence-corrected chi connectivity index (χ3v) is 6.01. The number of H-pyrrole nitrogens is 1. The Morgan fingerprint density at radius 1 is 1.09 bits per heavy atom. The molecule has 33 heavy (non-hydrogen) atoms. The van der Waals surface area contributed by atoms with Crippen LogP contribution < -0.4 is 10.3 Å². The predicted octanol–water partition coefficient (Wildman–Crippen LogP) is 2.20. The second kappa shape index (κ2) is 8.97. The van der Waals surface area contributed by atoms with Crippen LogP contribution in [0.5, 0.6) is 5.75 Å². The number of aromatic amines is 1. The number of aliphatic hydroxyl groups is 1. The van der Waals surface area contributed by atoms with Gasteiger partial charge in [-0.2, -0.15) is 0 Å². The topological polar surface area (TPSA) is 107 Å². The van der Waals surface area contributed by atoms with Gasteiger partial charge in [0.2, 0.25) is 0 Å². The van der Waals surface area contributed by atoms with Crippen molar-refractivity contribution in [3.8, 4) is 5.75 Å². The molecule has 1 aromatic heterocycles. The van der Waals surface area contributed by atoms with Gasteiger partial charge in [0.05, 0.1) is 25.3 Å². The van der Waals surface area contributed by atoms with Crippen LogP contribution in [-0.2, 0) is 20.6 Å². The normalized spacial score (nSPS) is 24.1. The van der Waals surface area contributed by atoms with Gasteiger partial charge >= 0.3 is 5.97 Å². The summed E-state index contributed by atoms with van der Waals surface area (Å²) in [4.78, 5) is 28.4. The van der Waals surface area contributed by atoms with Gasteiger partial charge in [0.1, 0.15) is 24.1 Å². The Balaban J connectivity index is 1.55. The van der Waals surface area contributed by atoms with E-state index in [0.717, 1.165) is 11.1 Å². The summed E-state index contributed by atoms with van der Waals surface area (Å²) in [6.07, 6.45) is -1.59. The van der Waals surface area contributed by atoms with Gasteiger partial charge in [-0.05, 0) is 36.6 Å². The molecule has 3 heterocycles. The van der Waals surface area contributed by atoms with E-state index in [1.54, 1.807) is 6.92 Å². The molecule has 2 aliphatic rings. The summed E-state index contributed by atoms with van der Waals surface area (Å²) in [5, 5.41) is 10.6. The molecular formula is C25H25NO7. The summed E-state index contributed by atoms with van der Waals surface area (Å²) in [5.41, 5.74) is 1.92. The van der Waals surface area contributed by atoms with E-state index in [4.69, 9.17) is 18.9 Å². The summed E-state index contributed by atoms with van der Waals surface area (Å²) in [6, 6.07) is 15.7. The summed E-state index contributed by atoms with van der Waals surface area (Å²) >= 11 is 0. The summed E-state index contributed by atoms with van der Waals surface area (Å²) in [7, 11) is 0. The van der Waals surface area contributed by atoms with E-state index >= 15 is 0 Å². The molecule has 0 aliphatic carbocycles. The van der Waals surface area contributed by atoms with Crippen molar-refractivity contribution in [2.75, 3.05) is 19.8 Å². The standard InChI is InChI=1S/C25H25NO7/c1-2-30-25(29)20-21(33-19-13-32-22-18(27)12-31-23(19)22)16-9-8-15(11-17(16)26-24(20)28)10-14-6-4-3-5-7-14/h3-9,11,18-19,22-23,27H,2,10,12-13H2,1H3,(H,26,28)/t18-,19-,22+,23+/m0/s1. The van der Waals surface area contributed by atoms with E-state index < -0.39 is 35.9 Å². The van der Waals surface area contributed by atoms with Crippen molar-refractivity contribution in [3.05, 3.63) is 75.6 Å². The van der Waals surface area contributed by atoms with E-state index in [9.17, 15) is 14.7 Å². The monoisotopic (exact) mass is 451 g/mol. The highest BCUT2D eigenvalue weighted by Gasteiger charge is 2.49. The van der Waals surface area contributed by atoms with Gasteiger partial charge in [0.25, 0.3) is 5.56 Å². The molecule has 8 heteroatoms. The Morgan fingerprint density at radius 3 is 2.67 bits per heavy atom. The van der Waals surface area contributed by atoms with Crippen LogP contribution in [-0.4, -0.2) is 60.3 Å². The number of esters is 1. The number of aromatic nitrogens is 1. The molecule has 0 bridgehead atoms. The molecule has 2 N–H and O–H groups in total. The Hall–Kier alpha value is -3.20. The van der Waals surface area contributed by atoms with Crippen LogP contribution in [0.4, 0.5) is 0 Å². The molecule has 0 unspecified atom stereocenters. The zero-order valence-electron chi connectivity index (χ0n) is 18.2. The lowest BCUT2D eigenvalue weighted by Crippen LogP contribution is -2.35. The number of hydrogen-bond acceptors (Lipinski definition) is 7. The Labute approximate surface area is 190 Å². The quantitative estimate of drug-likeness (QED) is 0.554. The van der Waals surface area contributed by atoms with Gasteiger partial charge < -0.3 is 29.0 Å². The summed E-state index contributed by atoms with van der Waals surface area (Å²) < 4.78 is 22.6. The molecule has 8 nitrogen and oxygen atoms in total.